The number of unbranched alkanes of at least 4 members (excludes halogenated alkanes) is 42. The molecule has 0 aromatic heterocycles. The first-order chi connectivity index (χ1) is 31.0. The highest BCUT2D eigenvalue weighted by Gasteiger charge is 2.19. The molecule has 0 rings (SSSR count). The maximum Gasteiger partial charge on any atom is 0.306 e. The number of esters is 3. The van der Waals surface area contributed by atoms with Gasteiger partial charge in [-0.2, -0.15) is 0 Å². The number of rotatable bonds is 53. The van der Waals surface area contributed by atoms with Gasteiger partial charge in [0, 0.05) is 19.3 Å². The molecular formula is C57H110O6. The van der Waals surface area contributed by atoms with Crippen LogP contribution in [0.3, 0.4) is 0 Å². The molecule has 0 aliphatic heterocycles. The van der Waals surface area contributed by atoms with Crippen molar-refractivity contribution in [3.8, 4) is 0 Å². The SMILES string of the molecule is CCCCCCCCCCCCCCCCCCCCC(=O)OC[C@H](COC(=O)CCCCCCCCCCC)OC(=O)CCCCCCCCCCCCCCCCCCCC. The summed E-state index contributed by atoms with van der Waals surface area (Å²) < 4.78 is 16.8. The van der Waals surface area contributed by atoms with Crippen molar-refractivity contribution < 1.29 is 28.6 Å². The topological polar surface area (TPSA) is 78.9 Å². The van der Waals surface area contributed by atoms with E-state index >= 15 is 0 Å². The van der Waals surface area contributed by atoms with E-state index in [4.69, 9.17) is 14.2 Å². The summed E-state index contributed by atoms with van der Waals surface area (Å²) in [4.78, 5) is 38.0. The molecule has 0 radical (unpaired) electrons. The molecule has 0 aliphatic rings. The molecule has 0 aromatic carbocycles. The van der Waals surface area contributed by atoms with E-state index < -0.39 is 6.10 Å². The zero-order valence-electron chi connectivity index (χ0n) is 42.9. The molecule has 0 aromatic rings. The highest BCUT2D eigenvalue weighted by Crippen LogP contribution is 2.18. The van der Waals surface area contributed by atoms with E-state index in [-0.39, 0.29) is 31.1 Å². The van der Waals surface area contributed by atoms with E-state index in [0.29, 0.717) is 19.3 Å². The molecule has 0 spiro atoms. The van der Waals surface area contributed by atoms with Crippen molar-refractivity contribution in [1.82, 2.24) is 0 Å². The Morgan fingerprint density at radius 2 is 0.429 bits per heavy atom. The number of hydrogen-bond acceptors (Lipinski definition) is 6. The highest BCUT2D eigenvalue weighted by molar-refractivity contribution is 5.71. The van der Waals surface area contributed by atoms with Crippen LogP contribution >= 0.6 is 0 Å². The van der Waals surface area contributed by atoms with Gasteiger partial charge in [-0.05, 0) is 19.3 Å². The zero-order valence-corrected chi connectivity index (χ0v) is 42.9. The number of hydrogen-bond donors (Lipinski definition) is 0. The van der Waals surface area contributed by atoms with E-state index in [1.807, 2.05) is 0 Å². The van der Waals surface area contributed by atoms with Crippen LogP contribution in [-0.2, 0) is 28.6 Å². The molecule has 1 atom stereocenters. The Morgan fingerprint density at radius 1 is 0.254 bits per heavy atom. The van der Waals surface area contributed by atoms with Crippen LogP contribution in [0.4, 0.5) is 0 Å². The summed E-state index contributed by atoms with van der Waals surface area (Å²) in [5.74, 6) is -0.837. The smallest absolute Gasteiger partial charge is 0.306 e. The van der Waals surface area contributed by atoms with Gasteiger partial charge in [0.15, 0.2) is 6.10 Å². The van der Waals surface area contributed by atoms with Crippen molar-refractivity contribution in [2.24, 2.45) is 0 Å². The van der Waals surface area contributed by atoms with Gasteiger partial charge < -0.3 is 14.2 Å². The fraction of sp³-hybridized carbons (Fsp3) is 0.947. The van der Waals surface area contributed by atoms with Gasteiger partial charge in [-0.3, -0.25) is 14.4 Å². The van der Waals surface area contributed by atoms with Crippen LogP contribution in [0, 0.1) is 0 Å². The Balaban J connectivity index is 4.20. The lowest BCUT2D eigenvalue weighted by Crippen LogP contribution is -2.30. The molecule has 0 fully saturated rings. The largest absolute Gasteiger partial charge is 0.462 e. The summed E-state index contributed by atoms with van der Waals surface area (Å²) in [6, 6.07) is 0. The van der Waals surface area contributed by atoms with Gasteiger partial charge in [0.2, 0.25) is 0 Å². The predicted molar refractivity (Wildman–Crippen MR) is 270 cm³/mol. The third kappa shape index (κ3) is 51.3. The molecule has 0 aliphatic carbocycles. The third-order valence-electron chi connectivity index (χ3n) is 13.1. The second-order valence-electron chi connectivity index (χ2n) is 19.6. The standard InChI is InChI=1S/C57H110O6/c1-4-7-10-13-16-19-21-23-25-27-29-31-33-35-38-41-44-47-50-56(59)62-53-54(52-61-55(58)49-46-43-40-37-18-15-12-9-6-3)63-57(60)51-48-45-42-39-36-34-32-30-28-26-24-22-20-17-14-11-8-5-2/h54H,4-53H2,1-3H3/t54-/m0/s1. The molecule has 0 saturated heterocycles. The first-order valence-corrected chi connectivity index (χ1v) is 28.5. The van der Waals surface area contributed by atoms with Gasteiger partial charge in [-0.25, -0.2) is 0 Å². The van der Waals surface area contributed by atoms with Gasteiger partial charge in [-0.15, -0.1) is 0 Å². The predicted octanol–water partition coefficient (Wildman–Crippen LogP) is 18.8. The van der Waals surface area contributed by atoms with Crippen LogP contribution < -0.4 is 0 Å². The van der Waals surface area contributed by atoms with Crippen LogP contribution in [0.1, 0.15) is 329 Å². The third-order valence-corrected chi connectivity index (χ3v) is 13.1. The second kappa shape index (κ2) is 53.0. The van der Waals surface area contributed by atoms with Crippen molar-refractivity contribution in [2.75, 3.05) is 13.2 Å². The Morgan fingerprint density at radius 3 is 0.635 bits per heavy atom. The summed E-state index contributed by atoms with van der Waals surface area (Å²) in [5.41, 5.74) is 0. The lowest BCUT2D eigenvalue weighted by atomic mass is 10.0. The molecule has 374 valence electrons. The molecule has 0 N–H and O–H groups in total. The van der Waals surface area contributed by atoms with Crippen LogP contribution in [0.2, 0.25) is 0 Å². The van der Waals surface area contributed by atoms with Crippen LogP contribution in [-0.4, -0.2) is 37.2 Å². The van der Waals surface area contributed by atoms with E-state index in [2.05, 4.69) is 20.8 Å². The molecular weight excluding hydrogens is 781 g/mol. The summed E-state index contributed by atoms with van der Waals surface area (Å²) in [5, 5.41) is 0. The molecule has 0 amide bonds. The summed E-state index contributed by atoms with van der Waals surface area (Å²) in [7, 11) is 0. The Kier molecular flexibility index (Phi) is 51.7. The van der Waals surface area contributed by atoms with Crippen LogP contribution in [0.25, 0.3) is 0 Å². The van der Waals surface area contributed by atoms with Crippen molar-refractivity contribution in [3.63, 3.8) is 0 Å². The van der Waals surface area contributed by atoms with Crippen molar-refractivity contribution in [1.29, 1.82) is 0 Å². The molecule has 0 bridgehead atoms. The first-order valence-electron chi connectivity index (χ1n) is 28.5. The zero-order chi connectivity index (χ0) is 45.8. The fourth-order valence-corrected chi connectivity index (χ4v) is 8.80. The molecule has 6 heteroatoms. The van der Waals surface area contributed by atoms with Gasteiger partial charge in [0.25, 0.3) is 0 Å². The van der Waals surface area contributed by atoms with Gasteiger partial charge in [-0.1, -0.05) is 290 Å². The highest BCUT2D eigenvalue weighted by atomic mass is 16.6. The lowest BCUT2D eigenvalue weighted by Gasteiger charge is -2.18. The minimum atomic E-state index is -0.760. The van der Waals surface area contributed by atoms with Gasteiger partial charge in [0.1, 0.15) is 13.2 Å². The molecule has 0 heterocycles. The Hall–Kier alpha value is -1.59. The summed E-state index contributed by atoms with van der Waals surface area (Å²) >= 11 is 0. The second-order valence-corrected chi connectivity index (χ2v) is 19.6. The quantitative estimate of drug-likeness (QED) is 0.0344. The Bertz CT molecular complexity index is 936. The number of carbonyl (C=O) groups is 3. The molecule has 0 unspecified atom stereocenters. The van der Waals surface area contributed by atoms with Gasteiger partial charge in [0.05, 0.1) is 0 Å². The minimum absolute atomic E-state index is 0.0615. The van der Waals surface area contributed by atoms with Crippen molar-refractivity contribution >= 4 is 17.9 Å². The average Bonchev–Trinajstić information content (AvgIpc) is 3.28. The molecule has 0 saturated carbocycles. The summed E-state index contributed by atoms with van der Waals surface area (Å²) in [6.45, 7) is 6.69. The van der Waals surface area contributed by atoms with Crippen molar-refractivity contribution in [3.05, 3.63) is 0 Å². The van der Waals surface area contributed by atoms with E-state index in [0.717, 1.165) is 57.8 Å². The maximum absolute atomic E-state index is 12.8. The van der Waals surface area contributed by atoms with E-state index in [9.17, 15) is 14.4 Å². The number of carbonyl (C=O) groups excluding carboxylic acids is 3. The number of ether oxygens (including phenoxy) is 3. The minimum Gasteiger partial charge on any atom is -0.462 e. The maximum atomic E-state index is 12.8. The van der Waals surface area contributed by atoms with Gasteiger partial charge >= 0.3 is 17.9 Å². The normalized spacial score (nSPS) is 11.9. The molecule has 63 heavy (non-hydrogen) atoms. The molecule has 6 nitrogen and oxygen atoms in total. The van der Waals surface area contributed by atoms with Crippen LogP contribution in [0.5, 0.6) is 0 Å². The lowest BCUT2D eigenvalue weighted by molar-refractivity contribution is -0.167. The monoisotopic (exact) mass is 891 g/mol. The average molecular weight is 892 g/mol. The fourth-order valence-electron chi connectivity index (χ4n) is 8.80. The Labute approximate surface area is 393 Å². The van der Waals surface area contributed by atoms with E-state index in [1.165, 1.54) is 231 Å². The van der Waals surface area contributed by atoms with Crippen molar-refractivity contribution in [2.45, 2.75) is 335 Å². The van der Waals surface area contributed by atoms with E-state index in [1.54, 1.807) is 0 Å². The summed E-state index contributed by atoms with van der Waals surface area (Å²) in [6.07, 6.45) is 58.1. The first kappa shape index (κ1) is 61.4. The van der Waals surface area contributed by atoms with Crippen LogP contribution in [0.15, 0.2) is 0 Å².